The van der Waals surface area contributed by atoms with Gasteiger partial charge in [-0.15, -0.1) is 5.10 Å². The molecule has 2 amide bonds. The molecule has 0 atom stereocenters. The van der Waals surface area contributed by atoms with Crippen molar-refractivity contribution in [1.29, 1.82) is 0 Å². The minimum Gasteiger partial charge on any atom is -0.435 e. The lowest BCUT2D eigenvalue weighted by Crippen LogP contribution is -2.15. The van der Waals surface area contributed by atoms with E-state index >= 15 is 0 Å². The van der Waals surface area contributed by atoms with Gasteiger partial charge in [-0.05, 0) is 42.0 Å². The van der Waals surface area contributed by atoms with Gasteiger partial charge in [-0.1, -0.05) is 6.07 Å². The van der Waals surface area contributed by atoms with Crippen LogP contribution < -0.4 is 15.8 Å². The van der Waals surface area contributed by atoms with Gasteiger partial charge in [-0.25, -0.2) is 13.9 Å². The van der Waals surface area contributed by atoms with Gasteiger partial charge < -0.3 is 10.5 Å². The van der Waals surface area contributed by atoms with Crippen molar-refractivity contribution in [3.05, 3.63) is 77.4 Å². The van der Waals surface area contributed by atoms with Gasteiger partial charge >= 0.3 is 6.18 Å². The summed E-state index contributed by atoms with van der Waals surface area (Å²) < 4.78 is 59.2. The van der Waals surface area contributed by atoms with Crippen molar-refractivity contribution in [1.82, 2.24) is 19.6 Å². The van der Waals surface area contributed by atoms with Gasteiger partial charge in [0.05, 0.1) is 12.0 Å². The molecule has 0 bridgehead atoms. The Morgan fingerprint density at radius 1 is 1.15 bits per heavy atom. The Morgan fingerprint density at radius 2 is 1.94 bits per heavy atom. The average Bonchev–Trinajstić information content (AvgIpc) is 3.16. The lowest BCUT2D eigenvalue weighted by Gasteiger charge is -2.09. The maximum Gasteiger partial charge on any atom is 0.417 e. The molecule has 4 rings (SSSR count). The second-order valence-electron chi connectivity index (χ2n) is 6.97. The predicted molar refractivity (Wildman–Crippen MR) is 110 cm³/mol. The van der Waals surface area contributed by atoms with Crippen molar-refractivity contribution < 1.29 is 31.9 Å². The topological polar surface area (TPSA) is 124 Å². The molecule has 0 spiro atoms. The van der Waals surface area contributed by atoms with Crippen LogP contribution in [-0.2, 0) is 17.4 Å². The van der Waals surface area contributed by atoms with Crippen molar-refractivity contribution in [3.8, 4) is 11.6 Å². The number of alkyl halides is 3. The number of nitrogens with one attached hydrogen (secondary N) is 1. The molecule has 0 aliphatic carbocycles. The summed E-state index contributed by atoms with van der Waals surface area (Å²) in [5.41, 5.74) is 4.65. The monoisotopic (exact) mass is 474 g/mol. The number of carbonyl (C=O) groups excluding carboxylic acids is 2. The number of carbonyl (C=O) groups is 2. The predicted octanol–water partition coefficient (Wildman–Crippen LogP) is 3.35. The number of ether oxygens (including phenoxy) is 1. The maximum absolute atomic E-state index is 14.5. The molecule has 0 saturated carbocycles. The second kappa shape index (κ2) is 8.77. The molecule has 0 radical (unpaired) electrons. The van der Waals surface area contributed by atoms with E-state index in [1.54, 1.807) is 0 Å². The van der Waals surface area contributed by atoms with Crippen LogP contribution in [0.15, 0.2) is 54.9 Å². The fraction of sp³-hybridized carbons (Fsp3) is 0.0952. The minimum absolute atomic E-state index is 0.0346. The van der Waals surface area contributed by atoms with Crippen LogP contribution in [0.4, 0.5) is 23.5 Å². The molecule has 34 heavy (non-hydrogen) atoms. The Hall–Kier alpha value is -4.55. The molecule has 9 nitrogen and oxygen atoms in total. The first kappa shape index (κ1) is 22.6. The Balaban J connectivity index is 1.45. The van der Waals surface area contributed by atoms with Crippen LogP contribution >= 0.6 is 0 Å². The number of amides is 2. The molecule has 1 aromatic carbocycles. The fourth-order valence-electron chi connectivity index (χ4n) is 2.96. The SMILES string of the molecule is NC(=O)c1cccnc1Oc1ccc(CC(=O)Nc2nc3ccc(C(F)(F)F)cn3n2)cc1F. The summed E-state index contributed by atoms with van der Waals surface area (Å²) in [6, 6.07) is 8.52. The van der Waals surface area contributed by atoms with Crippen molar-refractivity contribution in [2.45, 2.75) is 12.6 Å². The molecule has 0 aliphatic rings. The summed E-state index contributed by atoms with van der Waals surface area (Å²) in [4.78, 5) is 31.5. The van der Waals surface area contributed by atoms with Crippen LogP contribution in [0.25, 0.3) is 5.65 Å². The minimum atomic E-state index is -4.55. The Kier molecular flexibility index (Phi) is 5.84. The highest BCUT2D eigenvalue weighted by atomic mass is 19.4. The highest BCUT2D eigenvalue weighted by Gasteiger charge is 2.31. The number of hydrogen-bond donors (Lipinski definition) is 2. The van der Waals surface area contributed by atoms with Crippen LogP contribution in [0, 0.1) is 5.82 Å². The summed E-state index contributed by atoms with van der Waals surface area (Å²) in [5, 5.41) is 6.16. The highest BCUT2D eigenvalue weighted by Crippen LogP contribution is 2.29. The summed E-state index contributed by atoms with van der Waals surface area (Å²) in [7, 11) is 0. The third kappa shape index (κ3) is 4.92. The molecule has 0 unspecified atom stereocenters. The molecular weight excluding hydrogens is 460 g/mol. The quantitative estimate of drug-likeness (QED) is 0.413. The summed E-state index contributed by atoms with van der Waals surface area (Å²) in [5.74, 6) is -2.87. The number of fused-ring (bicyclic) bond motifs is 1. The Bertz CT molecular complexity index is 1400. The normalized spacial score (nSPS) is 11.4. The van der Waals surface area contributed by atoms with Gasteiger partial charge in [0.2, 0.25) is 17.7 Å². The number of halogens is 4. The standard InChI is InChI=1S/C21H14F4N6O3/c22-14-8-11(3-5-15(14)34-19-13(18(26)33)2-1-7-27-19)9-17(32)29-20-28-16-6-4-12(21(23,24)25)10-31(16)30-20/h1-8,10H,9H2,(H2,26,33)(H,29,30,32). The molecular formula is C21H14F4N6O3. The van der Waals surface area contributed by atoms with E-state index in [-0.39, 0.29) is 40.8 Å². The number of rotatable bonds is 6. The van der Waals surface area contributed by atoms with Crippen LogP contribution in [0.3, 0.4) is 0 Å². The lowest BCUT2D eigenvalue weighted by molar-refractivity contribution is -0.137. The number of anilines is 1. The molecule has 3 N–H and O–H groups in total. The molecule has 3 heterocycles. The van der Waals surface area contributed by atoms with E-state index < -0.39 is 29.4 Å². The van der Waals surface area contributed by atoms with Crippen LogP contribution in [0.5, 0.6) is 11.6 Å². The molecule has 13 heteroatoms. The van der Waals surface area contributed by atoms with E-state index in [1.807, 2.05) is 0 Å². The molecule has 174 valence electrons. The van der Waals surface area contributed by atoms with Gasteiger partial charge in [-0.2, -0.15) is 18.2 Å². The average molecular weight is 474 g/mol. The second-order valence-corrected chi connectivity index (χ2v) is 6.97. The maximum atomic E-state index is 14.5. The van der Waals surface area contributed by atoms with Crippen LogP contribution in [-0.4, -0.2) is 31.4 Å². The van der Waals surface area contributed by atoms with Crippen LogP contribution in [0.1, 0.15) is 21.5 Å². The van der Waals surface area contributed by atoms with Gasteiger partial charge in [0.1, 0.15) is 5.56 Å². The van der Waals surface area contributed by atoms with E-state index in [2.05, 4.69) is 20.4 Å². The van der Waals surface area contributed by atoms with E-state index in [4.69, 9.17) is 10.5 Å². The molecule has 4 aromatic rings. The Morgan fingerprint density at radius 3 is 2.65 bits per heavy atom. The summed E-state index contributed by atoms with van der Waals surface area (Å²) in [6.45, 7) is 0. The zero-order valence-electron chi connectivity index (χ0n) is 17.0. The van der Waals surface area contributed by atoms with E-state index in [9.17, 15) is 27.2 Å². The van der Waals surface area contributed by atoms with E-state index in [0.717, 1.165) is 28.9 Å². The van der Waals surface area contributed by atoms with Gasteiger partial charge in [0, 0.05) is 12.4 Å². The third-order valence-electron chi connectivity index (χ3n) is 4.51. The number of benzene rings is 1. The Labute approximate surface area is 188 Å². The van der Waals surface area contributed by atoms with Gasteiger partial charge in [0.15, 0.2) is 17.2 Å². The fourth-order valence-corrected chi connectivity index (χ4v) is 2.96. The first-order valence-electron chi connectivity index (χ1n) is 9.55. The van der Waals surface area contributed by atoms with Crippen molar-refractivity contribution in [2.24, 2.45) is 5.73 Å². The zero-order valence-corrected chi connectivity index (χ0v) is 17.0. The highest BCUT2D eigenvalue weighted by molar-refractivity contribution is 5.95. The van der Waals surface area contributed by atoms with Crippen molar-refractivity contribution in [2.75, 3.05) is 5.32 Å². The van der Waals surface area contributed by atoms with Gasteiger partial charge in [-0.3, -0.25) is 14.9 Å². The first-order chi connectivity index (χ1) is 16.1. The molecule has 0 aliphatic heterocycles. The number of nitrogens with zero attached hydrogens (tertiary/aromatic N) is 4. The van der Waals surface area contributed by atoms with Crippen LogP contribution in [0.2, 0.25) is 0 Å². The molecule has 0 fully saturated rings. The number of nitrogens with two attached hydrogens (primary N) is 1. The van der Waals surface area contributed by atoms with Crippen molar-refractivity contribution in [3.63, 3.8) is 0 Å². The van der Waals surface area contributed by atoms with E-state index in [0.29, 0.717) is 0 Å². The lowest BCUT2D eigenvalue weighted by atomic mass is 10.1. The van der Waals surface area contributed by atoms with Gasteiger partial charge in [0.25, 0.3) is 5.91 Å². The third-order valence-corrected chi connectivity index (χ3v) is 4.51. The number of aromatic nitrogens is 4. The number of pyridine rings is 2. The smallest absolute Gasteiger partial charge is 0.417 e. The molecule has 0 saturated heterocycles. The zero-order chi connectivity index (χ0) is 24.5. The van der Waals surface area contributed by atoms with E-state index in [1.165, 1.54) is 30.5 Å². The van der Waals surface area contributed by atoms with Crippen molar-refractivity contribution >= 4 is 23.4 Å². The first-order valence-corrected chi connectivity index (χ1v) is 9.55. The number of primary amides is 1. The largest absolute Gasteiger partial charge is 0.435 e. The number of hydrogen-bond acceptors (Lipinski definition) is 6. The molecule has 3 aromatic heterocycles. The summed E-state index contributed by atoms with van der Waals surface area (Å²) in [6.07, 6.45) is -2.74. The summed E-state index contributed by atoms with van der Waals surface area (Å²) >= 11 is 0.